The van der Waals surface area contributed by atoms with Crippen LogP contribution < -0.4 is 10.2 Å². The molecule has 22 heavy (non-hydrogen) atoms. The summed E-state index contributed by atoms with van der Waals surface area (Å²) < 4.78 is 5.36. The summed E-state index contributed by atoms with van der Waals surface area (Å²) in [5, 5.41) is 10.8. The van der Waals surface area contributed by atoms with Crippen LogP contribution in [0.4, 0.5) is 0 Å². The molecule has 1 aliphatic carbocycles. The van der Waals surface area contributed by atoms with Crippen LogP contribution in [-0.4, -0.2) is 28.9 Å². The van der Waals surface area contributed by atoms with Gasteiger partial charge in [0.05, 0.1) is 12.8 Å². The molecule has 6 nitrogen and oxygen atoms in total. The maximum atomic E-state index is 11.9. The fraction of sp³-hybridized carbons (Fsp3) is 0.312. The number of aromatic nitrogens is 2. The number of benzene rings is 1. The van der Waals surface area contributed by atoms with E-state index in [4.69, 9.17) is 4.74 Å². The van der Waals surface area contributed by atoms with Crippen molar-refractivity contribution in [1.82, 2.24) is 15.6 Å². The van der Waals surface area contributed by atoms with Gasteiger partial charge in [-0.1, -0.05) is 0 Å². The monoisotopic (exact) mass is 298 g/mol. The largest absolute Gasteiger partial charge is 0.494 e. The van der Waals surface area contributed by atoms with Gasteiger partial charge in [0.25, 0.3) is 5.91 Å². The van der Waals surface area contributed by atoms with E-state index in [-0.39, 0.29) is 5.91 Å². The van der Waals surface area contributed by atoms with E-state index in [1.54, 1.807) is 12.3 Å². The van der Waals surface area contributed by atoms with Crippen LogP contribution in [0.5, 0.6) is 5.75 Å². The van der Waals surface area contributed by atoms with Crippen LogP contribution in [-0.2, 0) is 0 Å². The zero-order valence-electron chi connectivity index (χ0n) is 12.4. The number of hydrogen-bond donors (Lipinski definition) is 2. The minimum Gasteiger partial charge on any atom is -0.494 e. The molecule has 2 N–H and O–H groups in total. The molecule has 1 saturated carbocycles. The van der Waals surface area contributed by atoms with E-state index in [1.165, 1.54) is 12.8 Å². The number of nitrogens with one attached hydrogen (secondary N) is 2. The summed E-state index contributed by atoms with van der Waals surface area (Å²) in [4.78, 5) is 11.9. The second kappa shape index (κ2) is 6.43. The molecular weight excluding hydrogens is 280 g/mol. The minimum absolute atomic E-state index is 0.315. The molecule has 0 spiro atoms. The number of amides is 1. The highest BCUT2D eigenvalue weighted by Crippen LogP contribution is 2.38. The molecule has 1 aromatic heterocycles. The normalized spacial score (nSPS) is 14.2. The number of rotatable bonds is 6. The Morgan fingerprint density at radius 1 is 1.45 bits per heavy atom. The Morgan fingerprint density at radius 3 is 2.91 bits per heavy atom. The maximum absolute atomic E-state index is 11.9. The minimum atomic E-state index is -0.315. The van der Waals surface area contributed by atoms with Crippen LogP contribution in [0.3, 0.4) is 0 Å². The fourth-order valence-electron chi connectivity index (χ4n) is 2.10. The summed E-state index contributed by atoms with van der Waals surface area (Å²) in [6.07, 6.45) is 3.92. The highest BCUT2D eigenvalue weighted by Gasteiger charge is 2.26. The first-order valence-electron chi connectivity index (χ1n) is 7.38. The van der Waals surface area contributed by atoms with Crippen LogP contribution in [0.15, 0.2) is 35.4 Å². The van der Waals surface area contributed by atoms with E-state index < -0.39 is 0 Å². The smallest absolute Gasteiger partial charge is 0.291 e. The first-order chi connectivity index (χ1) is 10.8. The van der Waals surface area contributed by atoms with E-state index in [2.05, 4.69) is 20.7 Å². The Labute approximate surface area is 128 Å². The Balaban J connectivity index is 1.54. The lowest BCUT2D eigenvalue weighted by Gasteiger charge is -2.02. The Bertz CT molecular complexity index is 672. The van der Waals surface area contributed by atoms with Crippen molar-refractivity contribution in [2.75, 3.05) is 6.61 Å². The van der Waals surface area contributed by atoms with Gasteiger partial charge in [-0.2, -0.15) is 10.2 Å². The van der Waals surface area contributed by atoms with Gasteiger partial charge < -0.3 is 4.74 Å². The van der Waals surface area contributed by atoms with Crippen molar-refractivity contribution in [3.8, 4) is 5.75 Å². The molecule has 1 aliphatic rings. The summed E-state index contributed by atoms with van der Waals surface area (Å²) in [6.45, 7) is 2.57. The van der Waals surface area contributed by atoms with Gasteiger partial charge in [0.15, 0.2) is 5.69 Å². The van der Waals surface area contributed by atoms with Gasteiger partial charge in [0, 0.05) is 11.6 Å². The third-order valence-electron chi connectivity index (χ3n) is 3.42. The standard InChI is InChI=1S/C16H18N4O2/c1-2-22-13-7-3-11(4-8-13)10-17-20-16(21)15-9-14(18-19-15)12-5-6-12/h3-4,7-10,12H,2,5-6H2,1H3,(H,18,19)(H,20,21). The first-order valence-corrected chi connectivity index (χ1v) is 7.38. The van der Waals surface area contributed by atoms with Gasteiger partial charge in [0.2, 0.25) is 0 Å². The van der Waals surface area contributed by atoms with E-state index in [0.717, 1.165) is 17.0 Å². The average molecular weight is 298 g/mol. The summed E-state index contributed by atoms with van der Waals surface area (Å²) in [5.74, 6) is 1.04. The highest BCUT2D eigenvalue weighted by atomic mass is 16.5. The van der Waals surface area contributed by atoms with E-state index in [1.807, 2.05) is 31.2 Å². The van der Waals surface area contributed by atoms with Crippen molar-refractivity contribution in [1.29, 1.82) is 0 Å². The second-order valence-electron chi connectivity index (χ2n) is 5.18. The molecule has 1 aromatic carbocycles. The van der Waals surface area contributed by atoms with Crippen LogP contribution in [0.2, 0.25) is 0 Å². The molecule has 1 fully saturated rings. The first kappa shape index (κ1) is 14.3. The SMILES string of the molecule is CCOc1ccc(C=NNC(=O)c2cc(C3CC3)[nH]n2)cc1. The zero-order chi connectivity index (χ0) is 15.4. The third-order valence-corrected chi connectivity index (χ3v) is 3.42. The molecule has 2 aromatic rings. The van der Waals surface area contributed by atoms with Gasteiger partial charge in [0.1, 0.15) is 5.75 Å². The summed E-state index contributed by atoms with van der Waals surface area (Å²) in [7, 11) is 0. The molecule has 0 unspecified atom stereocenters. The maximum Gasteiger partial charge on any atom is 0.291 e. The molecule has 1 amide bonds. The summed E-state index contributed by atoms with van der Waals surface area (Å²) in [6, 6.07) is 9.27. The van der Waals surface area contributed by atoms with E-state index in [9.17, 15) is 4.79 Å². The van der Waals surface area contributed by atoms with Crippen LogP contribution in [0.1, 0.15) is 47.4 Å². The number of ether oxygens (including phenoxy) is 1. The number of hydrazone groups is 1. The molecule has 6 heteroatoms. The van der Waals surface area contributed by atoms with Crippen molar-refractivity contribution in [2.45, 2.75) is 25.7 Å². The highest BCUT2D eigenvalue weighted by molar-refractivity contribution is 5.93. The van der Waals surface area contributed by atoms with Gasteiger partial charge >= 0.3 is 0 Å². The lowest BCUT2D eigenvalue weighted by atomic mass is 10.2. The van der Waals surface area contributed by atoms with Crippen molar-refractivity contribution in [3.05, 3.63) is 47.3 Å². The summed E-state index contributed by atoms with van der Waals surface area (Å²) >= 11 is 0. The Morgan fingerprint density at radius 2 is 2.23 bits per heavy atom. The number of H-pyrrole nitrogens is 1. The van der Waals surface area contributed by atoms with E-state index in [0.29, 0.717) is 18.2 Å². The number of aromatic amines is 1. The van der Waals surface area contributed by atoms with Crippen molar-refractivity contribution in [2.24, 2.45) is 5.10 Å². The molecule has 114 valence electrons. The van der Waals surface area contributed by atoms with Crippen molar-refractivity contribution >= 4 is 12.1 Å². The lowest BCUT2D eigenvalue weighted by Crippen LogP contribution is -2.18. The molecule has 0 atom stereocenters. The molecule has 0 aliphatic heterocycles. The van der Waals surface area contributed by atoms with Gasteiger partial charge in [-0.05, 0) is 55.7 Å². The average Bonchev–Trinajstić information content (AvgIpc) is 3.26. The Kier molecular flexibility index (Phi) is 4.18. The fourth-order valence-corrected chi connectivity index (χ4v) is 2.10. The number of hydrogen-bond acceptors (Lipinski definition) is 4. The van der Waals surface area contributed by atoms with Crippen LogP contribution in [0, 0.1) is 0 Å². The molecule has 1 heterocycles. The predicted molar refractivity (Wildman–Crippen MR) is 83.2 cm³/mol. The number of carbonyl (C=O) groups is 1. The molecule has 0 radical (unpaired) electrons. The quantitative estimate of drug-likeness (QED) is 0.635. The van der Waals surface area contributed by atoms with Crippen molar-refractivity contribution in [3.63, 3.8) is 0 Å². The lowest BCUT2D eigenvalue weighted by molar-refractivity contribution is 0.0950. The van der Waals surface area contributed by atoms with Gasteiger partial charge in [-0.15, -0.1) is 0 Å². The van der Waals surface area contributed by atoms with Gasteiger partial charge in [-0.25, -0.2) is 5.43 Å². The molecule has 3 rings (SSSR count). The molecule has 0 bridgehead atoms. The topological polar surface area (TPSA) is 79.4 Å². The van der Waals surface area contributed by atoms with Crippen LogP contribution in [0.25, 0.3) is 0 Å². The van der Waals surface area contributed by atoms with E-state index >= 15 is 0 Å². The zero-order valence-corrected chi connectivity index (χ0v) is 12.4. The van der Waals surface area contributed by atoms with Crippen molar-refractivity contribution < 1.29 is 9.53 Å². The van der Waals surface area contributed by atoms with Crippen LogP contribution >= 0.6 is 0 Å². The summed E-state index contributed by atoms with van der Waals surface area (Å²) in [5.41, 5.74) is 4.75. The molecule has 0 saturated heterocycles. The number of nitrogens with zero attached hydrogens (tertiary/aromatic N) is 2. The second-order valence-corrected chi connectivity index (χ2v) is 5.18. The predicted octanol–water partition coefficient (Wildman–Crippen LogP) is 2.45. The van der Waals surface area contributed by atoms with Gasteiger partial charge in [-0.3, -0.25) is 9.89 Å². The Hall–Kier alpha value is -2.63. The third kappa shape index (κ3) is 3.52. The molecular formula is C16H18N4O2. The number of carbonyl (C=O) groups excluding carboxylic acids is 1.